The van der Waals surface area contributed by atoms with E-state index in [-0.39, 0.29) is 5.92 Å². The van der Waals surface area contributed by atoms with Gasteiger partial charge in [-0.25, -0.2) is 0 Å². The molecule has 3 rings (SSSR count). The van der Waals surface area contributed by atoms with Crippen LogP contribution in [0.4, 0.5) is 5.69 Å². The Hall–Kier alpha value is -1.51. The molecule has 0 unspecified atom stereocenters. The van der Waals surface area contributed by atoms with Crippen LogP contribution in [0.3, 0.4) is 0 Å². The summed E-state index contributed by atoms with van der Waals surface area (Å²) in [6.07, 6.45) is 6.93. The lowest BCUT2D eigenvalue weighted by Crippen LogP contribution is -2.36. The zero-order chi connectivity index (χ0) is 13.2. The number of nitrogen functional groups attached to an aromatic ring is 1. The van der Waals surface area contributed by atoms with Gasteiger partial charge >= 0.3 is 0 Å². The molecular formula is C16H22N2O. The van der Waals surface area contributed by atoms with Crippen LogP contribution in [-0.2, 0) is 11.3 Å². The van der Waals surface area contributed by atoms with E-state index in [4.69, 9.17) is 5.73 Å². The number of hydrogen-bond acceptors (Lipinski definition) is 2. The van der Waals surface area contributed by atoms with Gasteiger partial charge in [0.15, 0.2) is 0 Å². The third-order valence-electron chi connectivity index (χ3n) is 4.28. The number of nitrogens with two attached hydrogens (primary N) is 1. The molecule has 0 atom stereocenters. The van der Waals surface area contributed by atoms with Gasteiger partial charge in [-0.05, 0) is 43.4 Å². The van der Waals surface area contributed by atoms with E-state index in [0.717, 1.165) is 30.6 Å². The van der Waals surface area contributed by atoms with Crippen molar-refractivity contribution < 1.29 is 4.79 Å². The second kappa shape index (κ2) is 5.24. The first-order valence-electron chi connectivity index (χ1n) is 7.39. The molecule has 2 N–H and O–H groups in total. The van der Waals surface area contributed by atoms with E-state index in [1.165, 1.54) is 25.7 Å². The molecule has 2 aliphatic carbocycles. The lowest BCUT2D eigenvalue weighted by atomic mass is 10.1. The van der Waals surface area contributed by atoms with E-state index in [1.807, 2.05) is 18.2 Å². The van der Waals surface area contributed by atoms with Gasteiger partial charge in [0.25, 0.3) is 0 Å². The van der Waals surface area contributed by atoms with E-state index in [0.29, 0.717) is 11.9 Å². The molecule has 1 aromatic carbocycles. The normalized spacial score (nSPS) is 19.6. The first-order valence-corrected chi connectivity index (χ1v) is 7.39. The van der Waals surface area contributed by atoms with Crippen molar-refractivity contribution in [2.45, 2.75) is 51.1 Å². The van der Waals surface area contributed by atoms with Gasteiger partial charge in [-0.2, -0.15) is 0 Å². The summed E-state index contributed by atoms with van der Waals surface area (Å²) < 4.78 is 0. The van der Waals surface area contributed by atoms with Gasteiger partial charge < -0.3 is 10.6 Å². The maximum Gasteiger partial charge on any atom is 0.226 e. The van der Waals surface area contributed by atoms with Crippen molar-refractivity contribution in [3.05, 3.63) is 29.8 Å². The molecule has 0 radical (unpaired) electrons. The van der Waals surface area contributed by atoms with Crippen molar-refractivity contribution in [3.8, 4) is 0 Å². The van der Waals surface area contributed by atoms with Crippen LogP contribution in [0.5, 0.6) is 0 Å². The SMILES string of the molecule is Nc1cccc(CN(C(=O)C2CCCC2)C2CC2)c1. The van der Waals surface area contributed by atoms with Crippen LogP contribution in [0.25, 0.3) is 0 Å². The zero-order valence-electron chi connectivity index (χ0n) is 11.3. The summed E-state index contributed by atoms with van der Waals surface area (Å²) in [6.45, 7) is 0.727. The van der Waals surface area contributed by atoms with Crippen molar-refractivity contribution in [2.75, 3.05) is 5.73 Å². The average molecular weight is 258 g/mol. The number of carbonyl (C=O) groups excluding carboxylic acids is 1. The highest BCUT2D eigenvalue weighted by atomic mass is 16.2. The second-order valence-corrected chi connectivity index (χ2v) is 5.92. The third-order valence-corrected chi connectivity index (χ3v) is 4.28. The van der Waals surface area contributed by atoms with Gasteiger partial charge in [0.05, 0.1) is 0 Å². The van der Waals surface area contributed by atoms with Gasteiger partial charge in [0.1, 0.15) is 0 Å². The molecule has 0 aliphatic heterocycles. The number of hydrogen-bond donors (Lipinski definition) is 1. The van der Waals surface area contributed by atoms with Crippen LogP contribution in [0.1, 0.15) is 44.1 Å². The quantitative estimate of drug-likeness (QED) is 0.844. The van der Waals surface area contributed by atoms with Crippen LogP contribution in [-0.4, -0.2) is 16.8 Å². The van der Waals surface area contributed by atoms with E-state index < -0.39 is 0 Å². The summed E-state index contributed by atoms with van der Waals surface area (Å²) >= 11 is 0. The Morgan fingerprint density at radius 2 is 1.95 bits per heavy atom. The summed E-state index contributed by atoms with van der Waals surface area (Å²) in [5.41, 5.74) is 7.75. The number of carbonyl (C=O) groups is 1. The minimum absolute atomic E-state index is 0.279. The Bertz CT molecular complexity index is 462. The largest absolute Gasteiger partial charge is 0.399 e. The molecule has 0 spiro atoms. The number of anilines is 1. The first-order chi connectivity index (χ1) is 9.24. The highest BCUT2D eigenvalue weighted by Gasteiger charge is 2.36. The molecule has 0 heterocycles. The molecule has 2 fully saturated rings. The smallest absolute Gasteiger partial charge is 0.226 e. The highest BCUT2D eigenvalue weighted by molar-refractivity contribution is 5.79. The summed E-state index contributed by atoms with van der Waals surface area (Å²) in [5, 5.41) is 0. The molecule has 0 saturated heterocycles. The van der Waals surface area contributed by atoms with Gasteiger partial charge in [-0.3, -0.25) is 4.79 Å². The first kappa shape index (κ1) is 12.5. The summed E-state index contributed by atoms with van der Waals surface area (Å²) in [7, 11) is 0. The molecule has 102 valence electrons. The fourth-order valence-corrected chi connectivity index (χ4v) is 3.07. The number of rotatable bonds is 4. The molecule has 3 nitrogen and oxygen atoms in total. The Morgan fingerprint density at radius 3 is 2.58 bits per heavy atom. The number of benzene rings is 1. The summed E-state index contributed by atoms with van der Waals surface area (Å²) in [4.78, 5) is 14.7. The lowest BCUT2D eigenvalue weighted by Gasteiger charge is -2.25. The maximum atomic E-state index is 12.6. The van der Waals surface area contributed by atoms with E-state index >= 15 is 0 Å². The Labute approximate surface area is 114 Å². The maximum absolute atomic E-state index is 12.6. The standard InChI is InChI=1S/C16H22N2O/c17-14-7-3-4-12(10-14)11-18(15-8-9-15)16(19)13-5-1-2-6-13/h3-4,7,10,13,15H,1-2,5-6,8-9,11,17H2. The van der Waals surface area contributed by atoms with Crippen molar-refractivity contribution in [3.63, 3.8) is 0 Å². The molecule has 3 heteroatoms. The summed E-state index contributed by atoms with van der Waals surface area (Å²) in [6, 6.07) is 8.39. The molecule has 1 amide bonds. The minimum atomic E-state index is 0.279. The predicted molar refractivity (Wildman–Crippen MR) is 76.4 cm³/mol. The van der Waals surface area contributed by atoms with E-state index in [1.54, 1.807) is 0 Å². The lowest BCUT2D eigenvalue weighted by molar-refractivity contribution is -0.136. The van der Waals surface area contributed by atoms with Crippen molar-refractivity contribution in [2.24, 2.45) is 5.92 Å². The fourth-order valence-electron chi connectivity index (χ4n) is 3.07. The summed E-state index contributed by atoms with van der Waals surface area (Å²) in [5.74, 6) is 0.657. The van der Waals surface area contributed by atoms with Gasteiger partial charge in [-0.1, -0.05) is 25.0 Å². The van der Waals surface area contributed by atoms with Crippen LogP contribution in [0, 0.1) is 5.92 Å². The minimum Gasteiger partial charge on any atom is -0.399 e. The van der Waals surface area contributed by atoms with Gasteiger partial charge in [0, 0.05) is 24.2 Å². The highest BCUT2D eigenvalue weighted by Crippen LogP contribution is 2.34. The van der Waals surface area contributed by atoms with Gasteiger partial charge in [0.2, 0.25) is 5.91 Å². The molecule has 0 bridgehead atoms. The zero-order valence-corrected chi connectivity index (χ0v) is 11.3. The molecule has 19 heavy (non-hydrogen) atoms. The van der Waals surface area contributed by atoms with E-state index in [2.05, 4.69) is 11.0 Å². The predicted octanol–water partition coefficient (Wildman–Crippen LogP) is 2.95. The Kier molecular flexibility index (Phi) is 3.45. The van der Waals surface area contributed by atoms with Crippen LogP contribution < -0.4 is 5.73 Å². The Morgan fingerprint density at radius 1 is 1.21 bits per heavy atom. The topological polar surface area (TPSA) is 46.3 Å². The van der Waals surface area contributed by atoms with Crippen LogP contribution in [0.15, 0.2) is 24.3 Å². The van der Waals surface area contributed by atoms with Crippen LogP contribution in [0.2, 0.25) is 0 Å². The second-order valence-electron chi connectivity index (χ2n) is 5.92. The van der Waals surface area contributed by atoms with Crippen molar-refractivity contribution in [1.29, 1.82) is 0 Å². The molecule has 2 aliphatic rings. The third kappa shape index (κ3) is 2.91. The van der Waals surface area contributed by atoms with Crippen molar-refractivity contribution >= 4 is 11.6 Å². The number of nitrogens with zero attached hydrogens (tertiary/aromatic N) is 1. The van der Waals surface area contributed by atoms with E-state index in [9.17, 15) is 4.79 Å². The number of amides is 1. The van der Waals surface area contributed by atoms with Crippen molar-refractivity contribution in [1.82, 2.24) is 4.90 Å². The van der Waals surface area contributed by atoms with Gasteiger partial charge in [-0.15, -0.1) is 0 Å². The van der Waals surface area contributed by atoms with Crippen LogP contribution >= 0.6 is 0 Å². The Balaban J connectivity index is 1.72. The molecular weight excluding hydrogens is 236 g/mol. The average Bonchev–Trinajstić information content (AvgIpc) is 3.09. The molecule has 1 aromatic rings. The monoisotopic (exact) mass is 258 g/mol. The molecule has 0 aromatic heterocycles. The fraction of sp³-hybridized carbons (Fsp3) is 0.562. The molecule has 2 saturated carbocycles.